The number of fused-ring (bicyclic) bond motifs is 1. The van der Waals surface area contributed by atoms with Crippen molar-refractivity contribution in [2.45, 2.75) is 32.8 Å². The molecule has 1 aliphatic heterocycles. The lowest BCUT2D eigenvalue weighted by Gasteiger charge is -2.30. The summed E-state index contributed by atoms with van der Waals surface area (Å²) in [7, 11) is 1.24. The lowest BCUT2D eigenvalue weighted by atomic mass is 10.0. The zero-order valence-corrected chi connectivity index (χ0v) is 16.1. The fourth-order valence-corrected chi connectivity index (χ4v) is 3.55. The zero-order chi connectivity index (χ0) is 18.0. The van der Waals surface area contributed by atoms with Crippen LogP contribution < -0.4 is 0 Å². The Kier molecular flexibility index (Phi) is 6.67. The highest BCUT2D eigenvalue weighted by Gasteiger charge is 2.30. The van der Waals surface area contributed by atoms with E-state index in [1.54, 1.807) is 0 Å². The first-order chi connectivity index (χ1) is 12.0. The number of benzene rings is 1. The van der Waals surface area contributed by atoms with E-state index in [2.05, 4.69) is 46.8 Å². The number of rotatable bonds is 4. The Hall–Kier alpha value is -2.05. The summed E-state index contributed by atoms with van der Waals surface area (Å²) in [5.74, 6) is -0.0416. The molecular weight excluding hydrogens is 356 g/mol. The molecule has 7 heteroatoms. The van der Waals surface area contributed by atoms with E-state index in [-0.39, 0.29) is 18.2 Å². The topological polar surface area (TPSA) is 71.6 Å². The van der Waals surface area contributed by atoms with Crippen LogP contribution in [0.15, 0.2) is 18.3 Å². The lowest BCUT2D eigenvalue weighted by Crippen LogP contribution is -2.47. The molecule has 142 valence electrons. The number of nitrogens with zero attached hydrogens (tertiary/aromatic N) is 1. The Bertz CT molecular complexity index is 802. The summed E-state index contributed by atoms with van der Waals surface area (Å²) in [6, 6.07) is 4.35. The molecule has 0 saturated carbocycles. The summed E-state index contributed by atoms with van der Waals surface area (Å²) >= 11 is 0. The van der Waals surface area contributed by atoms with Gasteiger partial charge in [0.2, 0.25) is 0 Å². The lowest BCUT2D eigenvalue weighted by molar-refractivity contribution is -0.133. The first kappa shape index (κ1) is 20.3. The molecule has 1 aliphatic rings. The van der Waals surface area contributed by atoms with Gasteiger partial charge in [-0.2, -0.15) is 0 Å². The van der Waals surface area contributed by atoms with Gasteiger partial charge in [0.05, 0.1) is 7.11 Å². The highest BCUT2D eigenvalue weighted by atomic mass is 35.5. The van der Waals surface area contributed by atoms with Crippen LogP contribution in [0.3, 0.4) is 0 Å². The average Bonchev–Trinajstić information content (AvgIpc) is 2.98. The SMILES string of the molecule is COC(=O)OC1CN(CCc2c[nH]c3cc(C)cc(C)c23)CCC1=O.Cl. The Morgan fingerprint density at radius 3 is 2.85 bits per heavy atom. The van der Waals surface area contributed by atoms with Crippen LogP contribution >= 0.6 is 12.4 Å². The Balaban J connectivity index is 0.00000243. The molecule has 1 N–H and O–H groups in total. The molecule has 6 nitrogen and oxygen atoms in total. The van der Waals surface area contributed by atoms with Gasteiger partial charge in [-0.3, -0.25) is 9.69 Å². The minimum absolute atomic E-state index is 0. The molecule has 3 rings (SSSR count). The number of hydrogen-bond acceptors (Lipinski definition) is 5. The van der Waals surface area contributed by atoms with Crippen LogP contribution in [0.2, 0.25) is 0 Å². The summed E-state index contributed by atoms with van der Waals surface area (Å²) in [5.41, 5.74) is 4.95. The third-order valence-electron chi connectivity index (χ3n) is 4.76. The van der Waals surface area contributed by atoms with E-state index in [0.29, 0.717) is 19.5 Å². The predicted octanol–water partition coefficient (Wildman–Crippen LogP) is 3.18. The number of hydrogen-bond donors (Lipinski definition) is 1. The van der Waals surface area contributed by atoms with Gasteiger partial charge in [0.1, 0.15) is 0 Å². The van der Waals surface area contributed by atoms with E-state index >= 15 is 0 Å². The van der Waals surface area contributed by atoms with Crippen molar-refractivity contribution in [2.75, 3.05) is 26.7 Å². The van der Waals surface area contributed by atoms with Crippen LogP contribution in [0.4, 0.5) is 4.79 Å². The predicted molar refractivity (Wildman–Crippen MR) is 102 cm³/mol. The van der Waals surface area contributed by atoms with Crippen molar-refractivity contribution in [1.82, 2.24) is 9.88 Å². The van der Waals surface area contributed by atoms with Gasteiger partial charge in [-0.1, -0.05) is 6.07 Å². The molecule has 0 aliphatic carbocycles. The summed E-state index contributed by atoms with van der Waals surface area (Å²) in [6.07, 6.45) is 1.81. The number of ketones is 1. The number of H-pyrrole nitrogens is 1. The van der Waals surface area contributed by atoms with Crippen LogP contribution in [-0.2, 0) is 20.7 Å². The second kappa shape index (κ2) is 8.56. The number of likely N-dealkylation sites (tertiary alicyclic amines) is 1. The smallest absolute Gasteiger partial charge is 0.438 e. The highest BCUT2D eigenvalue weighted by Crippen LogP contribution is 2.24. The third kappa shape index (κ3) is 4.37. The van der Waals surface area contributed by atoms with E-state index in [1.807, 2.05) is 0 Å². The molecule has 0 spiro atoms. The molecule has 26 heavy (non-hydrogen) atoms. The number of Topliss-reactive ketones (excluding diaryl/α,β-unsaturated/α-hetero) is 1. The third-order valence-corrected chi connectivity index (χ3v) is 4.76. The van der Waals surface area contributed by atoms with Gasteiger partial charge in [0.25, 0.3) is 0 Å². The minimum atomic E-state index is -0.803. The molecule has 0 radical (unpaired) electrons. The molecule has 1 aromatic carbocycles. The maximum Gasteiger partial charge on any atom is 0.508 e. The van der Waals surface area contributed by atoms with Crippen LogP contribution in [0.25, 0.3) is 10.9 Å². The van der Waals surface area contributed by atoms with Gasteiger partial charge in [-0.25, -0.2) is 4.79 Å². The first-order valence-electron chi connectivity index (χ1n) is 8.55. The molecule has 0 amide bonds. The van der Waals surface area contributed by atoms with Gasteiger partial charge in [-0.15, -0.1) is 12.4 Å². The van der Waals surface area contributed by atoms with Crippen LogP contribution in [0.5, 0.6) is 0 Å². The van der Waals surface area contributed by atoms with Gasteiger partial charge in [0, 0.05) is 43.2 Å². The highest BCUT2D eigenvalue weighted by molar-refractivity contribution is 5.87. The Labute approximate surface area is 159 Å². The van der Waals surface area contributed by atoms with Crippen LogP contribution in [0.1, 0.15) is 23.1 Å². The van der Waals surface area contributed by atoms with Crippen molar-refractivity contribution in [3.8, 4) is 0 Å². The molecular formula is C19H25ClN2O4. The number of halogens is 1. The number of nitrogens with one attached hydrogen (secondary N) is 1. The molecule has 1 unspecified atom stereocenters. The Morgan fingerprint density at radius 1 is 1.35 bits per heavy atom. The first-order valence-corrected chi connectivity index (χ1v) is 8.55. The molecule has 1 atom stereocenters. The van der Waals surface area contributed by atoms with E-state index < -0.39 is 12.3 Å². The fourth-order valence-electron chi connectivity index (χ4n) is 3.55. The van der Waals surface area contributed by atoms with Gasteiger partial charge in [-0.05, 0) is 43.0 Å². The van der Waals surface area contributed by atoms with Gasteiger partial charge >= 0.3 is 6.16 Å². The average molecular weight is 381 g/mol. The number of aromatic amines is 1. The second-order valence-electron chi connectivity index (χ2n) is 6.65. The number of aryl methyl sites for hydroxylation is 2. The monoisotopic (exact) mass is 380 g/mol. The van der Waals surface area contributed by atoms with Crippen molar-refractivity contribution < 1.29 is 19.1 Å². The summed E-state index contributed by atoms with van der Waals surface area (Å²) in [5, 5.41) is 1.28. The molecule has 2 heterocycles. The fraction of sp³-hybridized carbons (Fsp3) is 0.474. The van der Waals surface area contributed by atoms with Crippen molar-refractivity contribution >= 4 is 35.2 Å². The maximum absolute atomic E-state index is 11.9. The number of aromatic nitrogens is 1. The van der Waals surface area contributed by atoms with Crippen molar-refractivity contribution in [1.29, 1.82) is 0 Å². The molecule has 2 aromatic rings. The van der Waals surface area contributed by atoms with Crippen LogP contribution in [-0.4, -0.2) is 54.7 Å². The van der Waals surface area contributed by atoms with Crippen molar-refractivity contribution in [3.63, 3.8) is 0 Å². The molecule has 0 bridgehead atoms. The minimum Gasteiger partial charge on any atom is -0.438 e. The molecule has 1 aromatic heterocycles. The molecule has 1 saturated heterocycles. The summed E-state index contributed by atoms with van der Waals surface area (Å²) in [4.78, 5) is 28.7. The van der Waals surface area contributed by atoms with E-state index in [1.165, 1.54) is 29.2 Å². The van der Waals surface area contributed by atoms with Crippen LogP contribution in [0, 0.1) is 13.8 Å². The number of piperidine rings is 1. The standard InChI is InChI=1S/C19H24N2O4.ClH/c1-12-8-13(2)18-14(10-20-15(18)9-12)4-6-21-7-5-16(22)17(11-21)25-19(23)24-3;/h8-10,17,20H,4-7,11H2,1-3H3;1H. The van der Waals surface area contributed by atoms with Crippen molar-refractivity contribution in [3.05, 3.63) is 35.0 Å². The Morgan fingerprint density at radius 2 is 2.12 bits per heavy atom. The van der Waals surface area contributed by atoms with E-state index in [0.717, 1.165) is 18.5 Å². The van der Waals surface area contributed by atoms with Gasteiger partial charge < -0.3 is 14.5 Å². The largest absolute Gasteiger partial charge is 0.508 e. The van der Waals surface area contributed by atoms with E-state index in [4.69, 9.17) is 4.74 Å². The van der Waals surface area contributed by atoms with Crippen molar-refractivity contribution in [2.24, 2.45) is 0 Å². The maximum atomic E-state index is 11.9. The number of carbonyl (C=O) groups is 2. The summed E-state index contributed by atoms with van der Waals surface area (Å²) < 4.78 is 9.55. The normalized spacial score (nSPS) is 17.8. The summed E-state index contributed by atoms with van der Waals surface area (Å²) in [6.45, 7) is 6.16. The van der Waals surface area contributed by atoms with Gasteiger partial charge in [0.15, 0.2) is 11.9 Å². The molecule has 1 fully saturated rings. The number of carbonyl (C=O) groups excluding carboxylic acids is 2. The second-order valence-corrected chi connectivity index (χ2v) is 6.65. The quantitative estimate of drug-likeness (QED) is 0.825. The van der Waals surface area contributed by atoms with E-state index in [9.17, 15) is 9.59 Å². The number of ether oxygens (including phenoxy) is 2. The zero-order valence-electron chi connectivity index (χ0n) is 15.3. The number of methoxy groups -OCH3 is 1.